The van der Waals surface area contributed by atoms with Crippen molar-refractivity contribution in [3.63, 3.8) is 0 Å². The molecule has 1 aromatic heterocycles. The molecule has 0 spiro atoms. The molecule has 0 bridgehead atoms. The first-order chi connectivity index (χ1) is 8.47. The average Bonchev–Trinajstić information content (AvgIpc) is 2.65. The highest BCUT2D eigenvalue weighted by Crippen LogP contribution is 2.38. The molecule has 2 aromatic rings. The van der Waals surface area contributed by atoms with E-state index < -0.39 is 0 Å². The van der Waals surface area contributed by atoms with E-state index in [9.17, 15) is 4.39 Å². The Balaban J connectivity index is 2.70. The zero-order chi connectivity index (χ0) is 13.4. The van der Waals surface area contributed by atoms with Crippen molar-refractivity contribution in [1.29, 1.82) is 0 Å². The minimum Gasteiger partial charge on any atom is -0.457 e. The minimum atomic E-state index is -0.328. The summed E-state index contributed by atoms with van der Waals surface area (Å²) in [5, 5.41) is 4.11. The third-order valence-corrected chi connectivity index (χ3v) is 3.84. The minimum absolute atomic E-state index is 0.0247. The Morgan fingerprint density at radius 1 is 1.56 bits per heavy atom. The second-order valence-corrected chi connectivity index (χ2v) is 5.49. The van der Waals surface area contributed by atoms with Gasteiger partial charge in [-0.05, 0) is 42.4 Å². The Morgan fingerprint density at radius 2 is 2.22 bits per heavy atom. The fourth-order valence-electron chi connectivity index (χ4n) is 2.14. The number of benzene rings is 1. The lowest BCUT2D eigenvalue weighted by molar-refractivity contribution is 0.456. The molecule has 1 aromatic carbocycles. The van der Waals surface area contributed by atoms with Crippen LogP contribution in [0, 0.1) is 12.7 Å². The molecule has 98 valence electrons. The molecule has 0 aliphatic rings. The fraction of sp³-hybridized carbons (Fsp3) is 0.385. The van der Waals surface area contributed by atoms with Gasteiger partial charge in [0.15, 0.2) is 5.58 Å². The SMILES string of the molecule is CCNC(C)c1oc2c(Cl)cc(Br)c(F)c2c1C. The van der Waals surface area contributed by atoms with Crippen LogP contribution in [0.1, 0.15) is 31.2 Å². The molecule has 1 heterocycles. The van der Waals surface area contributed by atoms with Gasteiger partial charge in [-0.1, -0.05) is 18.5 Å². The van der Waals surface area contributed by atoms with Gasteiger partial charge in [-0.15, -0.1) is 0 Å². The predicted octanol–water partition coefficient (Wildman–Crippen LogP) is 4.97. The summed E-state index contributed by atoms with van der Waals surface area (Å²) in [6.45, 7) is 6.66. The van der Waals surface area contributed by atoms with Gasteiger partial charge >= 0.3 is 0 Å². The summed E-state index contributed by atoms with van der Waals surface area (Å²) in [7, 11) is 0. The summed E-state index contributed by atoms with van der Waals surface area (Å²) in [5.41, 5.74) is 1.20. The van der Waals surface area contributed by atoms with Crippen LogP contribution in [0.4, 0.5) is 4.39 Å². The van der Waals surface area contributed by atoms with Crippen LogP contribution in [0.3, 0.4) is 0 Å². The molecule has 5 heteroatoms. The van der Waals surface area contributed by atoms with Gasteiger partial charge in [-0.25, -0.2) is 4.39 Å². The van der Waals surface area contributed by atoms with Crippen molar-refractivity contribution in [1.82, 2.24) is 5.32 Å². The maximum absolute atomic E-state index is 14.1. The van der Waals surface area contributed by atoms with Gasteiger partial charge in [0.05, 0.1) is 20.9 Å². The third kappa shape index (κ3) is 2.17. The van der Waals surface area contributed by atoms with Crippen molar-refractivity contribution in [3.05, 3.63) is 32.7 Å². The molecule has 0 fully saturated rings. The molecule has 0 aliphatic carbocycles. The molecule has 1 unspecified atom stereocenters. The molecular formula is C13H14BrClFNO. The largest absolute Gasteiger partial charge is 0.457 e. The van der Waals surface area contributed by atoms with E-state index >= 15 is 0 Å². The summed E-state index contributed by atoms with van der Waals surface area (Å²) in [4.78, 5) is 0. The first kappa shape index (κ1) is 13.8. The summed E-state index contributed by atoms with van der Waals surface area (Å²) in [6, 6.07) is 1.54. The van der Waals surface area contributed by atoms with Gasteiger partial charge < -0.3 is 9.73 Å². The summed E-state index contributed by atoms with van der Waals surface area (Å²) in [5.74, 6) is 0.399. The van der Waals surface area contributed by atoms with E-state index in [1.807, 2.05) is 20.8 Å². The molecule has 0 amide bonds. The highest BCUT2D eigenvalue weighted by atomic mass is 79.9. The Bertz CT molecular complexity index is 596. The Labute approximate surface area is 119 Å². The molecule has 0 saturated heterocycles. The molecule has 2 rings (SSSR count). The van der Waals surface area contributed by atoms with E-state index in [-0.39, 0.29) is 11.9 Å². The normalized spacial score (nSPS) is 13.2. The number of hydrogen-bond acceptors (Lipinski definition) is 2. The average molecular weight is 335 g/mol. The second kappa shape index (κ2) is 5.19. The van der Waals surface area contributed by atoms with Crippen LogP contribution in [0.25, 0.3) is 11.0 Å². The quantitative estimate of drug-likeness (QED) is 0.802. The number of fused-ring (bicyclic) bond motifs is 1. The number of rotatable bonds is 3. The highest BCUT2D eigenvalue weighted by molar-refractivity contribution is 9.10. The van der Waals surface area contributed by atoms with E-state index in [0.29, 0.717) is 20.5 Å². The lowest BCUT2D eigenvalue weighted by Gasteiger charge is -2.09. The van der Waals surface area contributed by atoms with E-state index in [0.717, 1.165) is 17.9 Å². The van der Waals surface area contributed by atoms with Gasteiger partial charge in [0.25, 0.3) is 0 Å². The van der Waals surface area contributed by atoms with Crippen LogP contribution < -0.4 is 5.32 Å². The molecule has 2 nitrogen and oxygen atoms in total. The first-order valence-corrected chi connectivity index (χ1v) is 6.94. The smallest absolute Gasteiger partial charge is 0.156 e. The van der Waals surface area contributed by atoms with Crippen LogP contribution in [-0.2, 0) is 0 Å². The van der Waals surface area contributed by atoms with Crippen LogP contribution in [0.2, 0.25) is 5.02 Å². The maximum atomic E-state index is 14.1. The first-order valence-electron chi connectivity index (χ1n) is 5.77. The summed E-state index contributed by atoms with van der Waals surface area (Å²) < 4.78 is 20.2. The fourth-order valence-corrected chi connectivity index (χ4v) is 2.94. The van der Waals surface area contributed by atoms with Crippen LogP contribution in [0.15, 0.2) is 15.0 Å². The molecule has 18 heavy (non-hydrogen) atoms. The van der Waals surface area contributed by atoms with E-state index in [1.165, 1.54) is 6.07 Å². The monoisotopic (exact) mass is 333 g/mol. The zero-order valence-electron chi connectivity index (χ0n) is 10.4. The second-order valence-electron chi connectivity index (χ2n) is 4.23. The summed E-state index contributed by atoms with van der Waals surface area (Å²) in [6.07, 6.45) is 0. The lowest BCUT2D eigenvalue weighted by Crippen LogP contribution is -2.17. The van der Waals surface area contributed by atoms with Gasteiger partial charge in [0, 0.05) is 5.56 Å². The lowest BCUT2D eigenvalue weighted by atomic mass is 10.1. The van der Waals surface area contributed by atoms with Crippen molar-refractivity contribution < 1.29 is 8.81 Å². The van der Waals surface area contributed by atoms with Gasteiger partial charge in [0.2, 0.25) is 0 Å². The molecular weight excluding hydrogens is 321 g/mol. The summed E-state index contributed by atoms with van der Waals surface area (Å²) >= 11 is 9.25. The number of nitrogens with one attached hydrogen (secondary N) is 1. The highest BCUT2D eigenvalue weighted by Gasteiger charge is 2.22. The van der Waals surface area contributed by atoms with Crippen molar-refractivity contribution >= 4 is 38.5 Å². The Hall–Kier alpha value is -0.580. The van der Waals surface area contributed by atoms with Gasteiger partial charge in [-0.2, -0.15) is 0 Å². The number of aryl methyl sites for hydroxylation is 1. The molecule has 1 atom stereocenters. The van der Waals surface area contributed by atoms with Crippen LogP contribution >= 0.6 is 27.5 Å². The number of halogens is 3. The Kier molecular flexibility index (Phi) is 3.99. The predicted molar refractivity (Wildman–Crippen MR) is 75.7 cm³/mol. The third-order valence-electron chi connectivity index (χ3n) is 2.99. The van der Waals surface area contributed by atoms with Gasteiger partial charge in [0.1, 0.15) is 11.6 Å². The molecule has 0 radical (unpaired) electrons. The Morgan fingerprint density at radius 3 is 2.83 bits per heavy atom. The molecule has 0 saturated carbocycles. The molecule has 0 aliphatic heterocycles. The topological polar surface area (TPSA) is 25.2 Å². The van der Waals surface area contributed by atoms with Crippen molar-refractivity contribution in [2.45, 2.75) is 26.8 Å². The van der Waals surface area contributed by atoms with E-state index in [2.05, 4.69) is 21.2 Å². The molecule has 1 N–H and O–H groups in total. The van der Waals surface area contributed by atoms with Crippen molar-refractivity contribution in [2.75, 3.05) is 6.54 Å². The number of furan rings is 1. The van der Waals surface area contributed by atoms with Gasteiger partial charge in [-0.3, -0.25) is 0 Å². The van der Waals surface area contributed by atoms with Crippen molar-refractivity contribution in [2.24, 2.45) is 0 Å². The standard InChI is InChI=1S/C13H14BrClFNO/c1-4-17-7(3)12-6(2)10-11(16)8(14)5-9(15)13(10)18-12/h5,7,17H,4H2,1-3H3. The van der Waals surface area contributed by atoms with Crippen molar-refractivity contribution in [3.8, 4) is 0 Å². The van der Waals surface area contributed by atoms with E-state index in [4.69, 9.17) is 16.0 Å². The zero-order valence-corrected chi connectivity index (χ0v) is 12.7. The van der Waals surface area contributed by atoms with Crippen LogP contribution in [0.5, 0.6) is 0 Å². The number of hydrogen-bond donors (Lipinski definition) is 1. The van der Waals surface area contributed by atoms with Crippen LogP contribution in [-0.4, -0.2) is 6.54 Å². The maximum Gasteiger partial charge on any atom is 0.156 e. The van der Waals surface area contributed by atoms with E-state index in [1.54, 1.807) is 0 Å².